The molecule has 0 bridgehead atoms. The van der Waals surface area contributed by atoms with Crippen molar-refractivity contribution in [3.8, 4) is 5.75 Å². The maximum Gasteiger partial charge on any atom is 0.230 e. The largest absolute Gasteiger partial charge is 0.493 e. The highest BCUT2D eigenvalue weighted by atomic mass is 32.2. The van der Waals surface area contributed by atoms with Gasteiger partial charge in [0.25, 0.3) is 0 Å². The molecule has 0 unspecified atom stereocenters. The number of halogens is 1. The van der Waals surface area contributed by atoms with Gasteiger partial charge >= 0.3 is 0 Å². The van der Waals surface area contributed by atoms with Gasteiger partial charge in [-0.05, 0) is 18.6 Å². The molecule has 0 aromatic heterocycles. The first-order valence-corrected chi connectivity index (χ1v) is 9.88. The van der Waals surface area contributed by atoms with Crippen molar-refractivity contribution in [2.24, 2.45) is 0 Å². The van der Waals surface area contributed by atoms with Crippen LogP contribution in [0.25, 0.3) is 0 Å². The summed E-state index contributed by atoms with van der Waals surface area (Å²) in [4.78, 5) is 11.7. The van der Waals surface area contributed by atoms with Crippen molar-refractivity contribution in [1.82, 2.24) is 5.32 Å². The fourth-order valence-electron chi connectivity index (χ4n) is 2.12. The van der Waals surface area contributed by atoms with E-state index in [9.17, 15) is 17.6 Å². The van der Waals surface area contributed by atoms with Gasteiger partial charge in [-0.15, -0.1) is 11.8 Å². The van der Waals surface area contributed by atoms with Crippen molar-refractivity contribution >= 4 is 27.5 Å². The molecule has 22 heavy (non-hydrogen) atoms. The van der Waals surface area contributed by atoms with E-state index in [2.05, 4.69) is 5.32 Å². The minimum Gasteiger partial charge on any atom is -0.493 e. The molecule has 1 heterocycles. The molecule has 1 fully saturated rings. The Hall–Kier alpha value is -1.28. The van der Waals surface area contributed by atoms with Crippen LogP contribution >= 0.6 is 11.8 Å². The van der Waals surface area contributed by atoms with E-state index in [-0.39, 0.29) is 35.0 Å². The molecule has 0 spiro atoms. The Morgan fingerprint density at radius 1 is 1.45 bits per heavy atom. The average Bonchev–Trinajstić information content (AvgIpc) is 2.77. The molecule has 8 heteroatoms. The number of carbonyl (C=O) groups is 1. The van der Waals surface area contributed by atoms with Gasteiger partial charge in [-0.25, -0.2) is 12.8 Å². The molecular formula is C14H18FNO4S2. The molecule has 0 radical (unpaired) electrons. The number of hydrogen-bond donors (Lipinski definition) is 1. The highest BCUT2D eigenvalue weighted by molar-refractivity contribution is 7.99. The van der Waals surface area contributed by atoms with Gasteiger partial charge in [0.05, 0.1) is 23.9 Å². The highest BCUT2D eigenvalue weighted by Crippen LogP contribution is 2.13. The molecule has 1 saturated heterocycles. The molecule has 1 atom stereocenters. The number of amides is 1. The van der Waals surface area contributed by atoms with Crippen molar-refractivity contribution in [3.05, 3.63) is 30.1 Å². The molecule has 1 aromatic carbocycles. The molecule has 0 aliphatic carbocycles. The molecule has 0 saturated carbocycles. The van der Waals surface area contributed by atoms with Crippen molar-refractivity contribution in [2.75, 3.05) is 29.6 Å². The van der Waals surface area contributed by atoms with Crippen molar-refractivity contribution in [2.45, 2.75) is 12.5 Å². The van der Waals surface area contributed by atoms with Crippen LogP contribution in [0.3, 0.4) is 0 Å². The zero-order valence-corrected chi connectivity index (χ0v) is 13.6. The summed E-state index contributed by atoms with van der Waals surface area (Å²) in [5.41, 5.74) is 0. The lowest BCUT2D eigenvalue weighted by Crippen LogP contribution is -2.36. The van der Waals surface area contributed by atoms with E-state index in [0.717, 1.165) is 0 Å². The number of ether oxygens (including phenoxy) is 1. The number of nitrogens with one attached hydrogen (secondary N) is 1. The lowest BCUT2D eigenvalue weighted by Gasteiger charge is -2.10. The van der Waals surface area contributed by atoms with E-state index in [4.69, 9.17) is 4.74 Å². The second kappa shape index (κ2) is 7.82. The van der Waals surface area contributed by atoms with E-state index in [1.807, 2.05) is 0 Å². The molecule has 122 valence electrons. The molecule has 1 aliphatic rings. The van der Waals surface area contributed by atoms with Crippen LogP contribution in [0.2, 0.25) is 0 Å². The van der Waals surface area contributed by atoms with Crippen LogP contribution in [-0.4, -0.2) is 50.0 Å². The standard InChI is InChI=1S/C14H18FNO4S2/c15-11-2-1-3-13(8-11)20-5-6-21-9-14(17)16-12-4-7-22(18,19)10-12/h1-3,8,12H,4-7,9-10H2,(H,16,17)/t12-/m0/s1. The second-order valence-electron chi connectivity index (χ2n) is 5.03. The minimum absolute atomic E-state index is 0.0338. The molecular weight excluding hydrogens is 329 g/mol. The Morgan fingerprint density at radius 2 is 2.27 bits per heavy atom. The molecule has 1 amide bonds. The van der Waals surface area contributed by atoms with E-state index in [1.165, 1.54) is 23.9 Å². The van der Waals surface area contributed by atoms with Gasteiger partial charge in [0.15, 0.2) is 9.84 Å². The lowest BCUT2D eigenvalue weighted by atomic mass is 10.3. The highest BCUT2D eigenvalue weighted by Gasteiger charge is 2.28. The Balaban J connectivity index is 1.58. The first-order valence-electron chi connectivity index (χ1n) is 6.90. The summed E-state index contributed by atoms with van der Waals surface area (Å²) < 4.78 is 40.8. The average molecular weight is 347 g/mol. The van der Waals surface area contributed by atoms with E-state index in [0.29, 0.717) is 24.5 Å². The Morgan fingerprint density at radius 3 is 2.95 bits per heavy atom. The molecule has 1 N–H and O–H groups in total. The van der Waals surface area contributed by atoms with Gasteiger partial charge in [-0.1, -0.05) is 6.07 Å². The number of sulfone groups is 1. The third-order valence-corrected chi connectivity index (χ3v) is 5.81. The Labute approximate surface area is 133 Å². The van der Waals surface area contributed by atoms with Crippen LogP contribution < -0.4 is 10.1 Å². The van der Waals surface area contributed by atoms with Gasteiger partial charge in [0, 0.05) is 17.9 Å². The van der Waals surface area contributed by atoms with Crippen LogP contribution in [-0.2, 0) is 14.6 Å². The number of rotatable bonds is 7. The summed E-state index contributed by atoms with van der Waals surface area (Å²) in [5.74, 6) is 0.962. The summed E-state index contributed by atoms with van der Waals surface area (Å²) in [6.45, 7) is 0.374. The maximum atomic E-state index is 12.9. The van der Waals surface area contributed by atoms with Gasteiger partial charge in [-0.2, -0.15) is 0 Å². The molecule has 2 rings (SSSR count). The normalized spacial score (nSPS) is 19.8. The topological polar surface area (TPSA) is 72.5 Å². The summed E-state index contributed by atoms with van der Waals surface area (Å²) in [6, 6.07) is 5.62. The summed E-state index contributed by atoms with van der Waals surface area (Å²) in [5, 5.41) is 2.72. The lowest BCUT2D eigenvalue weighted by molar-refractivity contribution is -0.119. The number of thioether (sulfide) groups is 1. The SMILES string of the molecule is O=C(CSCCOc1cccc(F)c1)N[C@H]1CCS(=O)(=O)C1. The van der Waals surface area contributed by atoms with Gasteiger partial charge in [-0.3, -0.25) is 4.79 Å². The number of carbonyl (C=O) groups excluding carboxylic acids is 1. The zero-order valence-electron chi connectivity index (χ0n) is 12.0. The van der Waals surface area contributed by atoms with Crippen LogP contribution in [0.4, 0.5) is 4.39 Å². The first kappa shape index (κ1) is 17.1. The maximum absolute atomic E-state index is 12.9. The Bertz CT molecular complexity index is 621. The number of benzene rings is 1. The number of hydrogen-bond acceptors (Lipinski definition) is 5. The fourth-order valence-corrected chi connectivity index (χ4v) is 4.41. The predicted octanol–water partition coefficient (Wildman–Crippen LogP) is 1.24. The molecule has 5 nitrogen and oxygen atoms in total. The van der Waals surface area contributed by atoms with Crippen molar-refractivity contribution in [3.63, 3.8) is 0 Å². The second-order valence-corrected chi connectivity index (χ2v) is 8.36. The van der Waals surface area contributed by atoms with Gasteiger partial charge in [0.2, 0.25) is 5.91 Å². The summed E-state index contributed by atoms with van der Waals surface area (Å²) >= 11 is 1.39. The summed E-state index contributed by atoms with van der Waals surface area (Å²) in [7, 11) is -2.98. The van der Waals surface area contributed by atoms with Gasteiger partial charge in [0.1, 0.15) is 11.6 Å². The fraction of sp³-hybridized carbons (Fsp3) is 0.500. The summed E-state index contributed by atoms with van der Waals surface area (Å²) in [6.07, 6.45) is 0.488. The molecule has 1 aliphatic heterocycles. The van der Waals surface area contributed by atoms with Crippen LogP contribution in [0.5, 0.6) is 5.75 Å². The van der Waals surface area contributed by atoms with Crippen LogP contribution in [0.1, 0.15) is 6.42 Å². The van der Waals surface area contributed by atoms with Crippen molar-refractivity contribution < 1.29 is 22.3 Å². The third kappa shape index (κ3) is 5.84. The van der Waals surface area contributed by atoms with E-state index < -0.39 is 9.84 Å². The first-order chi connectivity index (χ1) is 10.4. The zero-order chi connectivity index (χ0) is 16.0. The van der Waals surface area contributed by atoms with E-state index in [1.54, 1.807) is 12.1 Å². The smallest absolute Gasteiger partial charge is 0.230 e. The van der Waals surface area contributed by atoms with Gasteiger partial charge < -0.3 is 10.1 Å². The monoisotopic (exact) mass is 347 g/mol. The third-order valence-electron chi connectivity index (χ3n) is 3.12. The Kier molecular flexibility index (Phi) is 6.07. The van der Waals surface area contributed by atoms with Crippen LogP contribution in [0.15, 0.2) is 24.3 Å². The van der Waals surface area contributed by atoms with Crippen LogP contribution in [0, 0.1) is 5.82 Å². The van der Waals surface area contributed by atoms with Crippen molar-refractivity contribution in [1.29, 1.82) is 0 Å². The minimum atomic E-state index is -2.98. The quantitative estimate of drug-likeness (QED) is 0.752. The predicted molar refractivity (Wildman–Crippen MR) is 84.4 cm³/mol. The molecule has 1 aromatic rings. The van der Waals surface area contributed by atoms with E-state index >= 15 is 0 Å².